The molecule has 1 amide bonds. The highest BCUT2D eigenvalue weighted by Crippen LogP contribution is 2.25. The van der Waals surface area contributed by atoms with E-state index in [-0.39, 0.29) is 24.6 Å². The zero-order valence-corrected chi connectivity index (χ0v) is 19.1. The molecule has 1 aromatic heterocycles. The quantitative estimate of drug-likeness (QED) is 0.416. The van der Waals surface area contributed by atoms with Gasteiger partial charge in [-0.1, -0.05) is 6.07 Å². The molecule has 174 valence electrons. The highest BCUT2D eigenvalue weighted by atomic mass is 32.2. The summed E-state index contributed by atoms with van der Waals surface area (Å²) >= 11 is 0. The fourth-order valence-electron chi connectivity index (χ4n) is 3.29. The number of amides is 1. The molecule has 0 bridgehead atoms. The number of ether oxygens (including phenoxy) is 1. The molecule has 1 aliphatic rings. The molecule has 0 radical (unpaired) electrons. The molecule has 3 rings (SSSR count). The number of pyridine rings is 1. The third-order valence-corrected chi connectivity index (χ3v) is 8.31. The van der Waals surface area contributed by atoms with Crippen molar-refractivity contribution in [2.75, 3.05) is 25.9 Å². The first-order valence-electron chi connectivity index (χ1n) is 9.58. The summed E-state index contributed by atoms with van der Waals surface area (Å²) < 4.78 is 57.6. The Kier molecular flexibility index (Phi) is 7.15. The van der Waals surface area contributed by atoms with E-state index in [4.69, 9.17) is 9.94 Å². The van der Waals surface area contributed by atoms with Gasteiger partial charge in [-0.25, -0.2) is 22.3 Å². The molecule has 11 nitrogen and oxygen atoms in total. The summed E-state index contributed by atoms with van der Waals surface area (Å²) in [6, 6.07) is 7.93. The van der Waals surface area contributed by atoms with Crippen LogP contribution in [0.15, 0.2) is 47.5 Å². The van der Waals surface area contributed by atoms with Gasteiger partial charge in [-0.2, -0.15) is 8.61 Å². The first-order valence-corrected chi connectivity index (χ1v) is 12.9. The van der Waals surface area contributed by atoms with Crippen LogP contribution in [0.4, 0.5) is 0 Å². The highest BCUT2D eigenvalue weighted by Gasteiger charge is 2.42. The summed E-state index contributed by atoms with van der Waals surface area (Å²) in [5, 5.41) is 9.03. The number of aromatic nitrogens is 1. The van der Waals surface area contributed by atoms with Crippen LogP contribution in [-0.4, -0.2) is 73.5 Å². The molecule has 2 aromatic rings. The van der Waals surface area contributed by atoms with Gasteiger partial charge in [-0.05, 0) is 37.3 Å². The second-order valence-electron chi connectivity index (χ2n) is 7.24. The summed E-state index contributed by atoms with van der Waals surface area (Å²) in [4.78, 5) is 16.2. The number of hydroxylamine groups is 1. The third-order valence-electron chi connectivity index (χ3n) is 5.12. The Bertz CT molecular complexity index is 1180. The maximum atomic E-state index is 13.2. The van der Waals surface area contributed by atoms with Crippen molar-refractivity contribution >= 4 is 26.0 Å². The topological polar surface area (TPSA) is 146 Å². The molecule has 1 fully saturated rings. The molecule has 1 unspecified atom stereocenters. The largest absolute Gasteiger partial charge is 0.489 e. The Hall–Kier alpha value is -2.58. The Balaban J connectivity index is 1.78. The Morgan fingerprint density at radius 1 is 1.19 bits per heavy atom. The first kappa shape index (κ1) is 24.1. The number of piperazine rings is 1. The standard InChI is InChI=1S/C19H24N4O7S2/c1-14-15(4-3-9-20-14)13-30-16-5-7-17(8-6-16)32(28,29)23-11-10-22(31(2,26)27)12-18(23)19(24)21-25/h3-9,18,25H,10-13H2,1-2H3,(H,21,24). The van der Waals surface area contributed by atoms with Crippen LogP contribution in [0.2, 0.25) is 0 Å². The number of nitrogens with one attached hydrogen (secondary N) is 1. The number of benzene rings is 1. The van der Waals surface area contributed by atoms with Crippen molar-refractivity contribution in [3.63, 3.8) is 0 Å². The van der Waals surface area contributed by atoms with E-state index in [0.29, 0.717) is 5.75 Å². The number of nitrogens with zero attached hydrogens (tertiary/aromatic N) is 3. The van der Waals surface area contributed by atoms with Gasteiger partial charge in [0.25, 0.3) is 5.91 Å². The summed E-state index contributed by atoms with van der Waals surface area (Å²) in [6.07, 6.45) is 2.65. The zero-order chi connectivity index (χ0) is 23.5. The number of rotatable bonds is 7. The van der Waals surface area contributed by atoms with Crippen molar-refractivity contribution in [1.29, 1.82) is 0 Å². The van der Waals surface area contributed by atoms with Crippen LogP contribution in [0.25, 0.3) is 0 Å². The van der Waals surface area contributed by atoms with E-state index >= 15 is 0 Å². The molecule has 2 heterocycles. The fraction of sp³-hybridized carbons (Fsp3) is 0.368. The van der Waals surface area contributed by atoms with Crippen molar-refractivity contribution in [1.82, 2.24) is 19.1 Å². The maximum absolute atomic E-state index is 13.2. The zero-order valence-electron chi connectivity index (χ0n) is 17.5. The highest BCUT2D eigenvalue weighted by molar-refractivity contribution is 7.89. The van der Waals surface area contributed by atoms with E-state index in [2.05, 4.69) is 4.98 Å². The smallest absolute Gasteiger partial charge is 0.263 e. The summed E-state index contributed by atoms with van der Waals surface area (Å²) in [7, 11) is -7.79. The number of carbonyl (C=O) groups is 1. The lowest BCUT2D eigenvalue weighted by Gasteiger charge is -2.38. The summed E-state index contributed by atoms with van der Waals surface area (Å²) in [5.74, 6) is -0.576. The van der Waals surface area contributed by atoms with Crippen molar-refractivity contribution in [2.24, 2.45) is 0 Å². The minimum atomic E-state index is -4.15. The minimum absolute atomic E-state index is 0.0917. The van der Waals surface area contributed by atoms with Crippen LogP contribution < -0.4 is 10.2 Å². The van der Waals surface area contributed by atoms with Crippen molar-refractivity contribution in [3.05, 3.63) is 53.9 Å². The lowest BCUT2D eigenvalue weighted by molar-refractivity contribution is -0.134. The average Bonchev–Trinajstić information content (AvgIpc) is 2.77. The van der Waals surface area contributed by atoms with Crippen molar-refractivity contribution < 1.29 is 31.6 Å². The number of carbonyl (C=O) groups excluding carboxylic acids is 1. The average molecular weight is 485 g/mol. The van der Waals surface area contributed by atoms with Gasteiger partial charge in [-0.3, -0.25) is 15.0 Å². The maximum Gasteiger partial charge on any atom is 0.263 e. The van der Waals surface area contributed by atoms with Crippen molar-refractivity contribution in [2.45, 2.75) is 24.5 Å². The van der Waals surface area contributed by atoms with E-state index in [1.54, 1.807) is 12.3 Å². The predicted octanol–water partition coefficient (Wildman–Crippen LogP) is 0.109. The van der Waals surface area contributed by atoms with Gasteiger partial charge >= 0.3 is 0 Å². The predicted molar refractivity (Wildman–Crippen MR) is 114 cm³/mol. The van der Waals surface area contributed by atoms with Crippen LogP contribution in [0, 0.1) is 6.92 Å². The van der Waals surface area contributed by atoms with Crippen LogP contribution >= 0.6 is 0 Å². The second kappa shape index (κ2) is 9.50. The van der Waals surface area contributed by atoms with Crippen LogP contribution in [0.5, 0.6) is 5.75 Å². The van der Waals surface area contributed by atoms with Gasteiger partial charge in [0.1, 0.15) is 18.4 Å². The molecule has 1 aromatic carbocycles. The van der Waals surface area contributed by atoms with Gasteiger partial charge < -0.3 is 4.74 Å². The molecule has 1 atom stereocenters. The second-order valence-corrected chi connectivity index (χ2v) is 11.1. The normalized spacial score (nSPS) is 18.3. The SMILES string of the molecule is Cc1ncccc1COc1ccc(S(=O)(=O)N2CCN(S(C)(=O)=O)CC2C(=O)NO)cc1. The Morgan fingerprint density at radius 2 is 1.88 bits per heavy atom. The van der Waals surface area contributed by atoms with Crippen LogP contribution in [0.3, 0.4) is 0 Å². The number of aryl methyl sites for hydroxylation is 1. The van der Waals surface area contributed by atoms with Gasteiger partial charge in [0.05, 0.1) is 11.2 Å². The van der Waals surface area contributed by atoms with Crippen LogP contribution in [-0.2, 0) is 31.4 Å². The first-order chi connectivity index (χ1) is 15.0. The summed E-state index contributed by atoms with van der Waals surface area (Å²) in [6.45, 7) is 1.36. The number of sulfonamides is 2. The minimum Gasteiger partial charge on any atom is -0.489 e. The lowest BCUT2D eigenvalue weighted by atomic mass is 10.2. The van der Waals surface area contributed by atoms with Gasteiger partial charge in [0, 0.05) is 37.1 Å². The molecule has 0 spiro atoms. The van der Waals surface area contributed by atoms with Crippen LogP contribution in [0.1, 0.15) is 11.3 Å². The number of hydrogen-bond acceptors (Lipinski definition) is 8. The lowest BCUT2D eigenvalue weighted by Crippen LogP contribution is -2.60. The van der Waals surface area contributed by atoms with Crippen molar-refractivity contribution in [3.8, 4) is 5.75 Å². The summed E-state index contributed by atoms with van der Waals surface area (Å²) in [5.41, 5.74) is 3.14. The molecule has 32 heavy (non-hydrogen) atoms. The Morgan fingerprint density at radius 3 is 2.47 bits per heavy atom. The fourth-order valence-corrected chi connectivity index (χ4v) is 5.69. The molecule has 0 saturated carbocycles. The van der Waals surface area contributed by atoms with Gasteiger partial charge in [-0.15, -0.1) is 0 Å². The molecular formula is C19H24N4O7S2. The van der Waals surface area contributed by atoms with E-state index in [0.717, 1.165) is 26.1 Å². The molecular weight excluding hydrogens is 460 g/mol. The third kappa shape index (κ3) is 5.24. The van der Waals surface area contributed by atoms with Gasteiger partial charge in [0.15, 0.2) is 0 Å². The number of hydrogen-bond donors (Lipinski definition) is 2. The molecule has 1 aliphatic heterocycles. The monoisotopic (exact) mass is 484 g/mol. The van der Waals surface area contributed by atoms with E-state index in [9.17, 15) is 21.6 Å². The Labute approximate surface area is 186 Å². The van der Waals surface area contributed by atoms with E-state index in [1.165, 1.54) is 29.7 Å². The van der Waals surface area contributed by atoms with E-state index < -0.39 is 38.5 Å². The molecule has 0 aliphatic carbocycles. The van der Waals surface area contributed by atoms with E-state index in [1.807, 2.05) is 13.0 Å². The molecule has 2 N–H and O–H groups in total. The van der Waals surface area contributed by atoms with Gasteiger partial charge in [0.2, 0.25) is 20.0 Å². The molecule has 13 heteroatoms. The molecule has 1 saturated heterocycles.